The molecule has 1 fully saturated rings. The number of hydrogen-bond donors (Lipinski definition) is 0. The minimum Gasteiger partial charge on any atom is -0.363 e. The van der Waals surface area contributed by atoms with Gasteiger partial charge in [-0.1, -0.05) is 36.9 Å². The van der Waals surface area contributed by atoms with Crippen molar-refractivity contribution in [3.63, 3.8) is 0 Å². The van der Waals surface area contributed by atoms with Crippen molar-refractivity contribution in [2.45, 2.75) is 32.4 Å². The largest absolute Gasteiger partial charge is 0.363 e. The summed E-state index contributed by atoms with van der Waals surface area (Å²) in [5.74, 6) is -0.339. The lowest BCUT2D eigenvalue weighted by atomic mass is 9.97. The van der Waals surface area contributed by atoms with Crippen LogP contribution in [0.3, 0.4) is 0 Å². The third-order valence-corrected chi connectivity index (χ3v) is 2.78. The lowest BCUT2D eigenvalue weighted by Gasteiger charge is -2.33. The number of hydroxylamine groups is 2. The fraction of sp³-hybridized carbons (Fsp3) is 0.357. The number of carbonyl (C=O) groups is 1. The fourth-order valence-corrected chi connectivity index (χ4v) is 1.95. The number of hydrogen-bond acceptors (Lipinski definition) is 3. The second-order valence-corrected chi connectivity index (χ2v) is 5.21. The summed E-state index contributed by atoms with van der Waals surface area (Å²) in [4.78, 5) is 17.0. The predicted octanol–water partition coefficient (Wildman–Crippen LogP) is 2.86. The Bertz CT molecular complexity index is 445. The molecule has 1 heterocycles. The first kappa shape index (κ1) is 11.9. The number of carbonyl (C=O) groups excluding carboxylic acids is 1. The minimum absolute atomic E-state index is 0.191. The van der Waals surface area contributed by atoms with E-state index in [4.69, 9.17) is 4.84 Å². The first-order chi connectivity index (χ1) is 7.91. The molecule has 0 aliphatic carbocycles. The second-order valence-electron chi connectivity index (χ2n) is 5.21. The molecular formula is C14H17NO2. The fourth-order valence-electron chi connectivity index (χ4n) is 1.95. The van der Waals surface area contributed by atoms with Gasteiger partial charge in [-0.3, -0.25) is 0 Å². The van der Waals surface area contributed by atoms with E-state index in [0.717, 1.165) is 5.56 Å². The van der Waals surface area contributed by atoms with Gasteiger partial charge in [0.1, 0.15) is 6.04 Å². The molecule has 1 saturated heterocycles. The van der Waals surface area contributed by atoms with Crippen LogP contribution in [0.2, 0.25) is 0 Å². The van der Waals surface area contributed by atoms with Gasteiger partial charge in [-0.05, 0) is 26.3 Å². The first-order valence-corrected chi connectivity index (χ1v) is 5.66. The monoisotopic (exact) mass is 231 g/mol. The van der Waals surface area contributed by atoms with Crippen LogP contribution in [-0.4, -0.2) is 16.6 Å². The van der Waals surface area contributed by atoms with Gasteiger partial charge < -0.3 is 4.84 Å². The molecule has 0 bridgehead atoms. The molecule has 0 radical (unpaired) electrons. The molecule has 2 rings (SSSR count). The van der Waals surface area contributed by atoms with Crippen molar-refractivity contribution in [1.82, 2.24) is 5.06 Å². The minimum atomic E-state index is -0.339. The Morgan fingerprint density at radius 2 is 1.82 bits per heavy atom. The Morgan fingerprint density at radius 3 is 2.35 bits per heavy atom. The first-order valence-electron chi connectivity index (χ1n) is 5.66. The van der Waals surface area contributed by atoms with Gasteiger partial charge in [0.15, 0.2) is 0 Å². The summed E-state index contributed by atoms with van der Waals surface area (Å²) in [6.45, 7) is 9.87. The molecule has 1 aliphatic rings. The Kier molecular flexibility index (Phi) is 2.79. The SMILES string of the molecule is C=C1C(=O)ON(C(C)(C)C)[C@@H]1c1ccccc1. The maximum Gasteiger partial charge on any atom is 0.354 e. The van der Waals surface area contributed by atoms with E-state index in [0.29, 0.717) is 5.57 Å². The Labute approximate surface area is 102 Å². The highest BCUT2D eigenvalue weighted by Crippen LogP contribution is 2.39. The van der Waals surface area contributed by atoms with Crippen LogP contribution >= 0.6 is 0 Å². The third kappa shape index (κ3) is 2.11. The molecule has 0 aromatic heterocycles. The van der Waals surface area contributed by atoms with Gasteiger partial charge in [-0.2, -0.15) is 0 Å². The Morgan fingerprint density at radius 1 is 1.24 bits per heavy atom. The zero-order chi connectivity index (χ0) is 12.6. The van der Waals surface area contributed by atoms with Crippen molar-refractivity contribution in [1.29, 1.82) is 0 Å². The van der Waals surface area contributed by atoms with Gasteiger partial charge in [0, 0.05) is 5.54 Å². The standard InChI is InChI=1S/C14H17NO2/c1-10-12(11-8-6-5-7-9-11)15(14(2,3)4)17-13(10)16/h5-9,12H,1H2,2-4H3/t12-/m0/s1. The van der Waals surface area contributed by atoms with Gasteiger partial charge in [0.25, 0.3) is 0 Å². The van der Waals surface area contributed by atoms with Crippen LogP contribution in [0.4, 0.5) is 0 Å². The lowest BCUT2D eigenvalue weighted by molar-refractivity contribution is -0.200. The van der Waals surface area contributed by atoms with E-state index in [9.17, 15) is 4.79 Å². The molecule has 1 aliphatic heterocycles. The van der Waals surface area contributed by atoms with Crippen molar-refractivity contribution in [3.05, 3.63) is 48.0 Å². The molecule has 0 spiro atoms. The maximum atomic E-state index is 11.7. The molecule has 1 aromatic carbocycles. The molecule has 0 amide bonds. The second kappa shape index (κ2) is 4.00. The molecule has 0 saturated carbocycles. The highest BCUT2D eigenvalue weighted by atomic mass is 16.7. The molecule has 17 heavy (non-hydrogen) atoms. The molecule has 0 unspecified atom stereocenters. The summed E-state index contributed by atoms with van der Waals surface area (Å²) in [5.41, 5.74) is 1.26. The zero-order valence-electron chi connectivity index (χ0n) is 10.4. The molecular weight excluding hydrogens is 214 g/mol. The number of nitrogens with zero attached hydrogens (tertiary/aromatic N) is 1. The molecule has 1 aromatic rings. The van der Waals surface area contributed by atoms with Crippen LogP contribution in [0, 0.1) is 0 Å². The van der Waals surface area contributed by atoms with Crippen LogP contribution < -0.4 is 0 Å². The lowest BCUT2D eigenvalue weighted by Crippen LogP contribution is -2.40. The van der Waals surface area contributed by atoms with Gasteiger partial charge in [0.05, 0.1) is 5.57 Å². The van der Waals surface area contributed by atoms with Crippen LogP contribution in [0.5, 0.6) is 0 Å². The molecule has 3 nitrogen and oxygen atoms in total. The van der Waals surface area contributed by atoms with E-state index in [2.05, 4.69) is 6.58 Å². The molecule has 1 atom stereocenters. The van der Waals surface area contributed by atoms with Crippen molar-refractivity contribution in [2.75, 3.05) is 0 Å². The van der Waals surface area contributed by atoms with E-state index < -0.39 is 0 Å². The summed E-state index contributed by atoms with van der Waals surface area (Å²) in [6, 6.07) is 9.63. The number of rotatable bonds is 1. The van der Waals surface area contributed by atoms with E-state index in [-0.39, 0.29) is 17.6 Å². The molecule has 90 valence electrons. The smallest absolute Gasteiger partial charge is 0.354 e. The molecule has 0 N–H and O–H groups in total. The summed E-state index contributed by atoms with van der Waals surface area (Å²) in [5, 5.41) is 1.72. The van der Waals surface area contributed by atoms with Crippen LogP contribution in [0.1, 0.15) is 32.4 Å². The predicted molar refractivity (Wildman–Crippen MR) is 66.0 cm³/mol. The van der Waals surface area contributed by atoms with Crippen molar-refractivity contribution < 1.29 is 9.63 Å². The number of benzene rings is 1. The van der Waals surface area contributed by atoms with E-state index in [1.54, 1.807) is 5.06 Å². The Balaban J connectivity index is 2.42. The van der Waals surface area contributed by atoms with Crippen molar-refractivity contribution in [2.24, 2.45) is 0 Å². The average Bonchev–Trinajstić information content (AvgIpc) is 2.57. The van der Waals surface area contributed by atoms with Gasteiger partial charge in [-0.15, -0.1) is 5.06 Å². The highest BCUT2D eigenvalue weighted by molar-refractivity contribution is 5.91. The summed E-state index contributed by atoms with van der Waals surface area (Å²) in [6.07, 6.45) is 0. The van der Waals surface area contributed by atoms with Gasteiger partial charge in [-0.25, -0.2) is 4.79 Å². The summed E-state index contributed by atoms with van der Waals surface area (Å²) in [7, 11) is 0. The summed E-state index contributed by atoms with van der Waals surface area (Å²) >= 11 is 0. The van der Waals surface area contributed by atoms with Crippen molar-refractivity contribution >= 4 is 5.97 Å². The third-order valence-electron chi connectivity index (χ3n) is 2.78. The van der Waals surface area contributed by atoms with Crippen LogP contribution in [-0.2, 0) is 9.63 Å². The van der Waals surface area contributed by atoms with Gasteiger partial charge in [0.2, 0.25) is 0 Å². The van der Waals surface area contributed by atoms with E-state index >= 15 is 0 Å². The van der Waals surface area contributed by atoms with Crippen LogP contribution in [0.25, 0.3) is 0 Å². The Hall–Kier alpha value is -1.61. The van der Waals surface area contributed by atoms with Gasteiger partial charge >= 0.3 is 5.97 Å². The van der Waals surface area contributed by atoms with E-state index in [1.165, 1.54) is 0 Å². The average molecular weight is 231 g/mol. The summed E-state index contributed by atoms with van der Waals surface area (Å²) < 4.78 is 0. The van der Waals surface area contributed by atoms with Crippen molar-refractivity contribution in [3.8, 4) is 0 Å². The topological polar surface area (TPSA) is 29.5 Å². The van der Waals surface area contributed by atoms with E-state index in [1.807, 2.05) is 51.1 Å². The zero-order valence-corrected chi connectivity index (χ0v) is 10.4. The maximum absolute atomic E-state index is 11.7. The highest BCUT2D eigenvalue weighted by Gasteiger charge is 2.43. The quantitative estimate of drug-likeness (QED) is 0.696. The molecule has 3 heteroatoms. The normalized spacial score (nSPS) is 21.7. The van der Waals surface area contributed by atoms with Crippen LogP contribution in [0.15, 0.2) is 42.5 Å².